The van der Waals surface area contributed by atoms with E-state index in [4.69, 9.17) is 11.6 Å². The third-order valence-corrected chi connectivity index (χ3v) is 3.16. The minimum Gasteiger partial charge on any atom is -0.289 e. The van der Waals surface area contributed by atoms with Gasteiger partial charge in [0, 0.05) is 20.6 Å². The van der Waals surface area contributed by atoms with Gasteiger partial charge in [0.25, 0.3) is 0 Å². The molecule has 0 aliphatic rings. The maximum Gasteiger partial charge on any atom is 0.193 e. The molecule has 2 aromatic carbocycles. The summed E-state index contributed by atoms with van der Waals surface area (Å²) in [7, 11) is 0. The lowest BCUT2D eigenvalue weighted by Crippen LogP contribution is -2.01. The van der Waals surface area contributed by atoms with E-state index in [2.05, 4.69) is 15.9 Å². The van der Waals surface area contributed by atoms with Gasteiger partial charge in [-0.1, -0.05) is 27.5 Å². The highest BCUT2D eigenvalue weighted by atomic mass is 79.9. The van der Waals surface area contributed by atoms with E-state index < -0.39 is 0 Å². The molecule has 0 unspecified atom stereocenters. The van der Waals surface area contributed by atoms with E-state index >= 15 is 0 Å². The summed E-state index contributed by atoms with van der Waals surface area (Å²) in [6.07, 6.45) is 0. The predicted molar refractivity (Wildman–Crippen MR) is 73.8 cm³/mol. The Morgan fingerprint density at radius 3 is 2.29 bits per heavy atom. The minimum absolute atomic E-state index is 0.0110. The van der Waals surface area contributed by atoms with Crippen LogP contribution < -0.4 is 0 Å². The Bertz CT molecular complexity index is 541. The summed E-state index contributed by atoms with van der Waals surface area (Å²) < 4.78 is 0.955. The highest BCUT2D eigenvalue weighted by Gasteiger charge is 2.09. The fraction of sp³-hybridized carbons (Fsp3) is 0.0714. The number of aryl methyl sites for hydroxylation is 1. The second-order valence-electron chi connectivity index (χ2n) is 3.85. The van der Waals surface area contributed by atoms with E-state index in [-0.39, 0.29) is 5.78 Å². The van der Waals surface area contributed by atoms with Crippen LogP contribution in [0.5, 0.6) is 0 Å². The average Bonchev–Trinajstić information content (AvgIpc) is 2.28. The molecule has 0 fully saturated rings. The molecule has 0 atom stereocenters. The molecule has 0 N–H and O–H groups in total. The molecule has 86 valence electrons. The van der Waals surface area contributed by atoms with Gasteiger partial charge in [-0.05, 0) is 55.0 Å². The van der Waals surface area contributed by atoms with Crippen molar-refractivity contribution >= 4 is 33.3 Å². The Morgan fingerprint density at radius 1 is 1.06 bits per heavy atom. The number of halogens is 2. The van der Waals surface area contributed by atoms with Crippen LogP contribution in [0.2, 0.25) is 5.02 Å². The van der Waals surface area contributed by atoms with Crippen LogP contribution in [0.15, 0.2) is 46.9 Å². The topological polar surface area (TPSA) is 17.1 Å². The maximum atomic E-state index is 12.2. The zero-order valence-electron chi connectivity index (χ0n) is 9.21. The van der Waals surface area contributed by atoms with Gasteiger partial charge in [-0.25, -0.2) is 0 Å². The predicted octanol–water partition coefficient (Wildman–Crippen LogP) is 4.64. The van der Waals surface area contributed by atoms with Crippen molar-refractivity contribution in [3.05, 3.63) is 68.7 Å². The molecule has 17 heavy (non-hydrogen) atoms. The summed E-state index contributed by atoms with van der Waals surface area (Å²) in [5.74, 6) is -0.0110. The van der Waals surface area contributed by atoms with E-state index in [0.717, 1.165) is 10.0 Å². The van der Waals surface area contributed by atoms with Crippen molar-refractivity contribution in [2.24, 2.45) is 0 Å². The zero-order chi connectivity index (χ0) is 12.4. The minimum atomic E-state index is -0.0110. The Balaban J connectivity index is 2.40. The lowest BCUT2D eigenvalue weighted by Gasteiger charge is -2.03. The normalized spacial score (nSPS) is 10.3. The van der Waals surface area contributed by atoms with Crippen molar-refractivity contribution < 1.29 is 4.79 Å². The zero-order valence-corrected chi connectivity index (χ0v) is 11.5. The first-order valence-electron chi connectivity index (χ1n) is 5.14. The largest absolute Gasteiger partial charge is 0.289 e. The Morgan fingerprint density at radius 2 is 1.71 bits per heavy atom. The first-order valence-corrected chi connectivity index (χ1v) is 6.31. The molecule has 2 aromatic rings. The second kappa shape index (κ2) is 5.03. The molecule has 1 nitrogen and oxygen atoms in total. The molecule has 0 saturated heterocycles. The SMILES string of the molecule is Cc1cc(Cl)cc(C(=O)c2ccc(Br)cc2)c1. The van der Waals surface area contributed by atoms with Crippen LogP contribution in [0.1, 0.15) is 21.5 Å². The van der Waals surface area contributed by atoms with Crippen LogP contribution in [-0.2, 0) is 0 Å². The number of carbonyl (C=O) groups excluding carboxylic acids is 1. The Hall–Kier alpha value is -1.12. The number of hydrogen-bond donors (Lipinski definition) is 0. The van der Waals surface area contributed by atoms with Gasteiger partial charge in [0.2, 0.25) is 0 Å². The van der Waals surface area contributed by atoms with E-state index in [9.17, 15) is 4.79 Å². The van der Waals surface area contributed by atoms with Crippen LogP contribution in [0.4, 0.5) is 0 Å². The van der Waals surface area contributed by atoms with Crippen LogP contribution >= 0.6 is 27.5 Å². The fourth-order valence-electron chi connectivity index (χ4n) is 1.64. The molecular weight excluding hydrogens is 300 g/mol. The van der Waals surface area contributed by atoms with E-state index in [1.165, 1.54) is 0 Å². The van der Waals surface area contributed by atoms with Crippen molar-refractivity contribution in [3.8, 4) is 0 Å². The Kier molecular flexibility index (Phi) is 3.65. The van der Waals surface area contributed by atoms with E-state index in [1.54, 1.807) is 18.2 Å². The summed E-state index contributed by atoms with van der Waals surface area (Å²) in [6.45, 7) is 1.92. The molecule has 0 radical (unpaired) electrons. The van der Waals surface area contributed by atoms with Gasteiger partial charge in [-0.3, -0.25) is 4.79 Å². The summed E-state index contributed by atoms with van der Waals surface area (Å²) in [5.41, 5.74) is 2.27. The summed E-state index contributed by atoms with van der Waals surface area (Å²) >= 11 is 9.29. The molecular formula is C14H10BrClO. The highest BCUT2D eigenvalue weighted by Crippen LogP contribution is 2.19. The van der Waals surface area contributed by atoms with Crippen molar-refractivity contribution in [2.75, 3.05) is 0 Å². The molecule has 0 aliphatic carbocycles. The molecule has 2 rings (SSSR count). The lowest BCUT2D eigenvalue weighted by atomic mass is 10.0. The second-order valence-corrected chi connectivity index (χ2v) is 5.21. The third-order valence-electron chi connectivity index (χ3n) is 2.41. The summed E-state index contributed by atoms with van der Waals surface area (Å²) in [6, 6.07) is 12.7. The van der Waals surface area contributed by atoms with Crippen molar-refractivity contribution in [1.29, 1.82) is 0 Å². The Labute approximate surface area is 114 Å². The molecule has 0 bridgehead atoms. The number of benzene rings is 2. The first-order chi connectivity index (χ1) is 8.06. The highest BCUT2D eigenvalue weighted by molar-refractivity contribution is 9.10. The molecule has 3 heteroatoms. The van der Waals surface area contributed by atoms with Crippen LogP contribution in [0.25, 0.3) is 0 Å². The molecule has 0 aromatic heterocycles. The van der Waals surface area contributed by atoms with Gasteiger partial charge in [0.1, 0.15) is 0 Å². The number of rotatable bonds is 2. The smallest absolute Gasteiger partial charge is 0.193 e. The summed E-state index contributed by atoms with van der Waals surface area (Å²) in [5, 5.41) is 0.588. The van der Waals surface area contributed by atoms with Crippen LogP contribution in [0, 0.1) is 6.92 Å². The monoisotopic (exact) mass is 308 g/mol. The van der Waals surface area contributed by atoms with Crippen LogP contribution in [-0.4, -0.2) is 5.78 Å². The number of ketones is 1. The number of hydrogen-bond acceptors (Lipinski definition) is 1. The summed E-state index contributed by atoms with van der Waals surface area (Å²) in [4.78, 5) is 12.2. The van der Waals surface area contributed by atoms with Gasteiger partial charge >= 0.3 is 0 Å². The van der Waals surface area contributed by atoms with E-state index in [1.807, 2.05) is 31.2 Å². The van der Waals surface area contributed by atoms with Gasteiger partial charge in [0.05, 0.1) is 0 Å². The average molecular weight is 310 g/mol. The van der Waals surface area contributed by atoms with Crippen LogP contribution in [0.3, 0.4) is 0 Å². The molecule has 0 saturated carbocycles. The fourth-order valence-corrected chi connectivity index (χ4v) is 2.19. The third kappa shape index (κ3) is 2.96. The number of carbonyl (C=O) groups is 1. The standard InChI is InChI=1S/C14H10BrClO/c1-9-6-11(8-13(16)7-9)14(17)10-2-4-12(15)5-3-10/h2-8H,1H3. The molecule has 0 aliphatic heterocycles. The van der Waals surface area contributed by atoms with E-state index in [0.29, 0.717) is 16.1 Å². The molecule has 0 amide bonds. The van der Waals surface area contributed by atoms with Gasteiger partial charge in [0.15, 0.2) is 5.78 Å². The van der Waals surface area contributed by atoms with Crippen molar-refractivity contribution in [2.45, 2.75) is 6.92 Å². The van der Waals surface area contributed by atoms with Gasteiger partial charge < -0.3 is 0 Å². The van der Waals surface area contributed by atoms with Crippen molar-refractivity contribution in [1.82, 2.24) is 0 Å². The first kappa shape index (κ1) is 12.3. The van der Waals surface area contributed by atoms with Gasteiger partial charge in [-0.2, -0.15) is 0 Å². The lowest BCUT2D eigenvalue weighted by molar-refractivity contribution is 0.103. The molecule has 0 heterocycles. The molecule has 0 spiro atoms. The van der Waals surface area contributed by atoms with Crippen molar-refractivity contribution in [3.63, 3.8) is 0 Å². The van der Waals surface area contributed by atoms with Gasteiger partial charge in [-0.15, -0.1) is 0 Å². The maximum absolute atomic E-state index is 12.2. The quantitative estimate of drug-likeness (QED) is 0.738.